The van der Waals surface area contributed by atoms with Crippen LogP contribution in [-0.4, -0.2) is 16.1 Å². The van der Waals surface area contributed by atoms with Crippen LogP contribution < -0.4 is 10.3 Å². The van der Waals surface area contributed by atoms with E-state index in [0.717, 1.165) is 0 Å². The number of hydrogen-bond acceptors (Lipinski definition) is 3. The second-order valence-corrected chi connectivity index (χ2v) is 5.72. The fraction of sp³-hybridized carbons (Fsp3) is 0.111. The Hall–Kier alpha value is -2.47. The van der Waals surface area contributed by atoms with E-state index < -0.39 is 0 Å². The smallest absolute Gasteiger partial charge is 0.248 e. The summed E-state index contributed by atoms with van der Waals surface area (Å²) in [5.74, 6) is -0.0776. The van der Waals surface area contributed by atoms with Gasteiger partial charge in [0.25, 0.3) is 0 Å². The number of nitrogens with one attached hydrogen (secondary N) is 1. The molecule has 0 atom stereocenters. The number of pyridine rings is 1. The van der Waals surface area contributed by atoms with E-state index in [9.17, 15) is 14.0 Å². The molecule has 0 aliphatic heterocycles. The van der Waals surface area contributed by atoms with Gasteiger partial charge in [0.2, 0.25) is 5.56 Å². The number of ether oxygens (including phenoxy) is 1. The number of benzene rings is 2. The zero-order valence-corrected chi connectivity index (χ0v) is 14.1. The van der Waals surface area contributed by atoms with Gasteiger partial charge in [-0.05, 0) is 24.3 Å². The van der Waals surface area contributed by atoms with Crippen molar-refractivity contribution < 1.29 is 13.9 Å². The highest BCUT2D eigenvalue weighted by Gasteiger charge is 2.13. The standard InChI is InChI=1S/C18H13BrFNO3/c19-9-15(22)12-5-7-16(18-13(12)6-8-17(23)21-18)24-10-11-3-1-2-4-14(11)20/h1-8H,9-10H2,(H,21,23). The lowest BCUT2D eigenvalue weighted by Crippen LogP contribution is -2.08. The van der Waals surface area contributed by atoms with E-state index in [4.69, 9.17) is 4.74 Å². The average Bonchev–Trinajstić information content (AvgIpc) is 2.60. The van der Waals surface area contributed by atoms with Crippen molar-refractivity contribution in [1.82, 2.24) is 4.98 Å². The Morgan fingerprint density at radius 2 is 1.92 bits per heavy atom. The van der Waals surface area contributed by atoms with Gasteiger partial charge in [0.1, 0.15) is 18.2 Å². The lowest BCUT2D eigenvalue weighted by molar-refractivity contribution is 0.102. The number of ketones is 1. The number of halogens is 2. The molecule has 0 bridgehead atoms. The maximum atomic E-state index is 13.7. The van der Waals surface area contributed by atoms with E-state index in [1.165, 1.54) is 12.1 Å². The molecule has 1 N–H and O–H groups in total. The van der Waals surface area contributed by atoms with Crippen LogP contribution in [0.1, 0.15) is 15.9 Å². The molecule has 0 spiro atoms. The molecule has 0 fully saturated rings. The molecule has 3 aromatic rings. The third-order valence-corrected chi connectivity index (χ3v) is 4.13. The molecule has 0 amide bonds. The molecule has 24 heavy (non-hydrogen) atoms. The van der Waals surface area contributed by atoms with E-state index in [1.54, 1.807) is 36.4 Å². The molecule has 0 unspecified atom stereocenters. The lowest BCUT2D eigenvalue weighted by Gasteiger charge is -2.12. The van der Waals surface area contributed by atoms with Gasteiger partial charge in [-0.3, -0.25) is 9.59 Å². The number of alkyl halides is 1. The van der Waals surface area contributed by atoms with Crippen molar-refractivity contribution in [1.29, 1.82) is 0 Å². The Bertz CT molecular complexity index is 968. The van der Waals surface area contributed by atoms with Gasteiger partial charge in [0.15, 0.2) is 5.78 Å². The van der Waals surface area contributed by atoms with Crippen molar-refractivity contribution in [3.63, 3.8) is 0 Å². The van der Waals surface area contributed by atoms with E-state index >= 15 is 0 Å². The number of H-pyrrole nitrogens is 1. The summed E-state index contributed by atoms with van der Waals surface area (Å²) in [6.07, 6.45) is 0. The van der Waals surface area contributed by atoms with Gasteiger partial charge in [-0.1, -0.05) is 34.1 Å². The SMILES string of the molecule is O=C(CBr)c1ccc(OCc2ccccc2F)c2[nH]c(=O)ccc12. The normalized spacial score (nSPS) is 10.8. The molecule has 0 saturated heterocycles. The van der Waals surface area contributed by atoms with Crippen LogP contribution in [0.5, 0.6) is 5.75 Å². The summed E-state index contributed by atoms with van der Waals surface area (Å²) in [7, 11) is 0. The van der Waals surface area contributed by atoms with Crippen molar-refractivity contribution in [2.24, 2.45) is 0 Å². The second kappa shape index (κ2) is 6.97. The Morgan fingerprint density at radius 1 is 1.12 bits per heavy atom. The van der Waals surface area contributed by atoms with Crippen molar-refractivity contribution >= 4 is 32.6 Å². The Labute approximate surface area is 145 Å². The van der Waals surface area contributed by atoms with Crippen LogP contribution in [0.3, 0.4) is 0 Å². The fourth-order valence-corrected chi connectivity index (χ4v) is 2.73. The number of Topliss-reactive ketones (excluding diaryl/α,β-unsaturated/α-hetero) is 1. The molecule has 2 aromatic carbocycles. The van der Waals surface area contributed by atoms with Crippen LogP contribution in [-0.2, 0) is 6.61 Å². The molecule has 6 heteroatoms. The van der Waals surface area contributed by atoms with Gasteiger partial charge in [0, 0.05) is 22.6 Å². The molecule has 122 valence electrons. The first-order chi connectivity index (χ1) is 11.6. The Kier molecular flexibility index (Phi) is 4.76. The maximum Gasteiger partial charge on any atom is 0.248 e. The average molecular weight is 390 g/mol. The summed E-state index contributed by atoms with van der Waals surface area (Å²) >= 11 is 3.15. The first-order valence-electron chi connectivity index (χ1n) is 7.21. The number of fused-ring (bicyclic) bond motifs is 1. The van der Waals surface area contributed by atoms with Gasteiger partial charge >= 0.3 is 0 Å². The molecular weight excluding hydrogens is 377 g/mol. The van der Waals surface area contributed by atoms with Crippen LogP contribution in [0.2, 0.25) is 0 Å². The van der Waals surface area contributed by atoms with Gasteiger partial charge in [-0.25, -0.2) is 4.39 Å². The van der Waals surface area contributed by atoms with Crippen LogP contribution in [0.4, 0.5) is 4.39 Å². The summed E-state index contributed by atoms with van der Waals surface area (Å²) in [6, 6.07) is 12.5. The van der Waals surface area contributed by atoms with E-state index in [-0.39, 0.29) is 29.1 Å². The molecule has 0 aliphatic rings. The van der Waals surface area contributed by atoms with Crippen LogP contribution in [0.25, 0.3) is 10.9 Å². The molecule has 1 heterocycles. The number of rotatable bonds is 5. The van der Waals surface area contributed by atoms with Crippen LogP contribution >= 0.6 is 15.9 Å². The molecule has 0 radical (unpaired) electrons. The van der Waals surface area contributed by atoms with Gasteiger partial charge in [0.05, 0.1) is 10.8 Å². The summed E-state index contributed by atoms with van der Waals surface area (Å²) < 4.78 is 19.4. The molecule has 4 nitrogen and oxygen atoms in total. The highest BCUT2D eigenvalue weighted by molar-refractivity contribution is 9.09. The molecular formula is C18H13BrFNO3. The van der Waals surface area contributed by atoms with Crippen molar-refractivity contribution in [3.8, 4) is 5.75 Å². The monoisotopic (exact) mass is 389 g/mol. The van der Waals surface area contributed by atoms with Crippen LogP contribution in [0, 0.1) is 5.82 Å². The van der Waals surface area contributed by atoms with Crippen LogP contribution in [0.15, 0.2) is 53.3 Å². The number of carbonyl (C=O) groups is 1. The first-order valence-corrected chi connectivity index (χ1v) is 8.33. The third kappa shape index (κ3) is 3.23. The number of aromatic nitrogens is 1. The third-order valence-electron chi connectivity index (χ3n) is 3.62. The highest BCUT2D eigenvalue weighted by Crippen LogP contribution is 2.27. The van der Waals surface area contributed by atoms with Crippen molar-refractivity contribution in [3.05, 3.63) is 75.8 Å². The summed E-state index contributed by atoms with van der Waals surface area (Å²) in [6.45, 7) is 0.0183. The Morgan fingerprint density at radius 3 is 2.67 bits per heavy atom. The number of aromatic amines is 1. The minimum atomic E-state index is -0.360. The summed E-state index contributed by atoms with van der Waals surface area (Å²) in [4.78, 5) is 26.4. The largest absolute Gasteiger partial charge is 0.487 e. The Balaban J connectivity index is 2.02. The van der Waals surface area contributed by atoms with Crippen molar-refractivity contribution in [2.75, 3.05) is 5.33 Å². The summed E-state index contributed by atoms with van der Waals surface area (Å²) in [5.41, 5.74) is 1.01. The second-order valence-electron chi connectivity index (χ2n) is 5.16. The van der Waals surface area contributed by atoms with E-state index in [1.807, 2.05) is 0 Å². The minimum absolute atomic E-state index is 0.0183. The lowest BCUT2D eigenvalue weighted by atomic mass is 10.0. The summed E-state index contributed by atoms with van der Waals surface area (Å²) in [5, 5.41) is 0.765. The fourth-order valence-electron chi connectivity index (χ4n) is 2.43. The zero-order chi connectivity index (χ0) is 17.1. The van der Waals surface area contributed by atoms with Gasteiger partial charge in [-0.15, -0.1) is 0 Å². The first kappa shape index (κ1) is 16.4. The molecule has 1 aromatic heterocycles. The molecule has 0 saturated carbocycles. The molecule has 0 aliphatic carbocycles. The zero-order valence-electron chi connectivity index (χ0n) is 12.5. The van der Waals surface area contributed by atoms with Gasteiger partial charge < -0.3 is 9.72 Å². The number of carbonyl (C=O) groups excluding carboxylic acids is 1. The van der Waals surface area contributed by atoms with Gasteiger partial charge in [-0.2, -0.15) is 0 Å². The topological polar surface area (TPSA) is 59.2 Å². The minimum Gasteiger partial charge on any atom is -0.487 e. The predicted molar refractivity (Wildman–Crippen MR) is 93.4 cm³/mol. The predicted octanol–water partition coefficient (Wildman–Crippen LogP) is 3.82. The van der Waals surface area contributed by atoms with Crippen molar-refractivity contribution in [2.45, 2.75) is 6.61 Å². The highest BCUT2D eigenvalue weighted by atomic mass is 79.9. The molecule has 3 rings (SSSR count). The quantitative estimate of drug-likeness (QED) is 0.532. The van der Waals surface area contributed by atoms with E-state index in [0.29, 0.717) is 27.8 Å². The maximum absolute atomic E-state index is 13.7. The number of hydrogen-bond donors (Lipinski definition) is 1. The van der Waals surface area contributed by atoms with E-state index in [2.05, 4.69) is 20.9 Å².